The van der Waals surface area contributed by atoms with E-state index in [1.165, 1.54) is 0 Å². The van der Waals surface area contributed by atoms with Gasteiger partial charge in [0.15, 0.2) is 5.16 Å². The second kappa shape index (κ2) is 10.4. The molecule has 0 bridgehead atoms. The molecule has 1 aromatic heterocycles. The number of aromatic amines is 1. The lowest BCUT2D eigenvalue weighted by Crippen LogP contribution is -2.17. The van der Waals surface area contributed by atoms with E-state index >= 15 is 0 Å². The molecule has 1 aromatic carbocycles. The second-order valence-electron chi connectivity index (χ2n) is 5.29. The summed E-state index contributed by atoms with van der Waals surface area (Å²) in [7, 11) is 0. The van der Waals surface area contributed by atoms with Crippen molar-refractivity contribution in [2.24, 2.45) is 0 Å². The van der Waals surface area contributed by atoms with E-state index in [1.807, 2.05) is 6.92 Å². The Morgan fingerprint density at radius 1 is 1.19 bits per heavy atom. The SMILES string of the molecule is CCOCCOC(=O)c1ccc(NC(=O)CSc2nnc(C)c(=O)[nH]2)cc1. The number of carbonyl (C=O) groups excluding carboxylic acids is 2. The van der Waals surface area contributed by atoms with Crippen molar-refractivity contribution < 1.29 is 19.1 Å². The molecule has 10 heteroatoms. The number of rotatable bonds is 9. The Kier molecular flexibility index (Phi) is 7.96. The number of hydrogen-bond acceptors (Lipinski definition) is 8. The largest absolute Gasteiger partial charge is 0.460 e. The Hall–Kier alpha value is -2.72. The fourth-order valence-corrected chi connectivity index (χ4v) is 2.49. The normalized spacial score (nSPS) is 10.4. The van der Waals surface area contributed by atoms with Crippen LogP contribution < -0.4 is 10.9 Å². The van der Waals surface area contributed by atoms with Gasteiger partial charge in [-0.3, -0.25) is 14.6 Å². The van der Waals surface area contributed by atoms with E-state index in [2.05, 4.69) is 20.5 Å². The number of hydrogen-bond donors (Lipinski definition) is 2. The van der Waals surface area contributed by atoms with E-state index < -0.39 is 5.97 Å². The first-order valence-corrected chi connectivity index (χ1v) is 9.19. The van der Waals surface area contributed by atoms with E-state index in [0.29, 0.717) is 24.5 Å². The first-order valence-electron chi connectivity index (χ1n) is 8.20. The molecule has 1 heterocycles. The molecule has 0 atom stereocenters. The van der Waals surface area contributed by atoms with Gasteiger partial charge in [0.1, 0.15) is 12.3 Å². The van der Waals surface area contributed by atoms with Crippen molar-refractivity contribution in [2.75, 3.05) is 30.9 Å². The number of aryl methyl sites for hydroxylation is 1. The Bertz CT molecular complexity index is 838. The van der Waals surface area contributed by atoms with Crippen LogP contribution in [-0.4, -0.2) is 52.6 Å². The average Bonchev–Trinajstić information content (AvgIpc) is 2.66. The van der Waals surface area contributed by atoms with E-state index in [9.17, 15) is 14.4 Å². The van der Waals surface area contributed by atoms with Crippen LogP contribution in [0.5, 0.6) is 0 Å². The van der Waals surface area contributed by atoms with Crippen LogP contribution in [-0.2, 0) is 14.3 Å². The molecule has 0 fully saturated rings. The van der Waals surface area contributed by atoms with Gasteiger partial charge in [0.25, 0.3) is 5.56 Å². The lowest BCUT2D eigenvalue weighted by Gasteiger charge is -2.07. The molecule has 9 nitrogen and oxygen atoms in total. The van der Waals surface area contributed by atoms with Crippen molar-refractivity contribution in [3.8, 4) is 0 Å². The number of anilines is 1. The van der Waals surface area contributed by atoms with Gasteiger partial charge in [-0.1, -0.05) is 11.8 Å². The molecule has 0 saturated carbocycles. The van der Waals surface area contributed by atoms with Crippen molar-refractivity contribution in [3.63, 3.8) is 0 Å². The summed E-state index contributed by atoms with van der Waals surface area (Å²) in [5.74, 6) is -0.685. The number of esters is 1. The summed E-state index contributed by atoms with van der Waals surface area (Å²) in [6.07, 6.45) is 0. The minimum absolute atomic E-state index is 0.0505. The molecule has 0 radical (unpaired) electrons. The highest BCUT2D eigenvalue weighted by molar-refractivity contribution is 7.99. The van der Waals surface area contributed by atoms with Gasteiger partial charge in [-0.05, 0) is 38.1 Å². The van der Waals surface area contributed by atoms with Crippen molar-refractivity contribution in [2.45, 2.75) is 19.0 Å². The van der Waals surface area contributed by atoms with Crippen LogP contribution in [0.1, 0.15) is 23.0 Å². The number of aromatic nitrogens is 3. The van der Waals surface area contributed by atoms with Gasteiger partial charge < -0.3 is 14.8 Å². The molecule has 144 valence electrons. The number of H-pyrrole nitrogens is 1. The molecule has 2 rings (SSSR count). The summed E-state index contributed by atoms with van der Waals surface area (Å²) in [4.78, 5) is 37.8. The molecular formula is C17H20N4O5S. The fourth-order valence-electron chi connectivity index (χ4n) is 1.88. The molecule has 2 aromatic rings. The molecule has 1 amide bonds. The minimum atomic E-state index is -0.454. The fraction of sp³-hybridized carbons (Fsp3) is 0.353. The van der Waals surface area contributed by atoms with Crippen molar-refractivity contribution in [1.82, 2.24) is 15.2 Å². The van der Waals surface area contributed by atoms with Crippen LogP contribution in [0.3, 0.4) is 0 Å². The monoisotopic (exact) mass is 392 g/mol. The van der Waals surface area contributed by atoms with Crippen LogP contribution in [0.2, 0.25) is 0 Å². The molecule has 0 saturated heterocycles. The summed E-state index contributed by atoms with van der Waals surface area (Å²) in [5, 5.41) is 10.5. The maximum atomic E-state index is 12.0. The van der Waals surface area contributed by atoms with Crippen molar-refractivity contribution in [3.05, 3.63) is 45.9 Å². The number of amides is 1. The smallest absolute Gasteiger partial charge is 0.338 e. The second-order valence-corrected chi connectivity index (χ2v) is 6.26. The zero-order valence-corrected chi connectivity index (χ0v) is 15.8. The van der Waals surface area contributed by atoms with Gasteiger partial charge in [-0.25, -0.2) is 4.79 Å². The molecule has 0 aliphatic heterocycles. The zero-order chi connectivity index (χ0) is 19.6. The number of thioether (sulfide) groups is 1. The first-order chi connectivity index (χ1) is 13.0. The van der Waals surface area contributed by atoms with E-state index in [1.54, 1.807) is 31.2 Å². The quantitative estimate of drug-likeness (QED) is 0.373. The number of nitrogens with zero attached hydrogens (tertiary/aromatic N) is 2. The maximum Gasteiger partial charge on any atom is 0.338 e. The summed E-state index contributed by atoms with van der Waals surface area (Å²) in [5.41, 5.74) is 0.846. The predicted octanol–water partition coefficient (Wildman–Crippen LogP) is 1.40. The molecule has 0 aliphatic rings. The Balaban J connectivity index is 1.81. The highest BCUT2D eigenvalue weighted by Crippen LogP contribution is 2.13. The highest BCUT2D eigenvalue weighted by atomic mass is 32.2. The van der Waals surface area contributed by atoms with Crippen molar-refractivity contribution >= 4 is 29.3 Å². The molecule has 2 N–H and O–H groups in total. The molecule has 27 heavy (non-hydrogen) atoms. The number of ether oxygens (including phenoxy) is 2. The first kappa shape index (κ1) is 20.6. The van der Waals surface area contributed by atoms with Crippen LogP contribution >= 0.6 is 11.8 Å². The van der Waals surface area contributed by atoms with Crippen molar-refractivity contribution in [1.29, 1.82) is 0 Å². The Morgan fingerprint density at radius 3 is 2.59 bits per heavy atom. The lowest BCUT2D eigenvalue weighted by atomic mass is 10.2. The third-order valence-electron chi connectivity index (χ3n) is 3.25. The van der Waals surface area contributed by atoms with Gasteiger partial charge in [0.05, 0.1) is 17.9 Å². The summed E-state index contributed by atoms with van der Waals surface area (Å²) >= 11 is 1.06. The molecular weight excluding hydrogens is 372 g/mol. The predicted molar refractivity (Wildman–Crippen MR) is 100.0 cm³/mol. The molecule has 0 spiro atoms. The van der Waals surface area contributed by atoms with Crippen LogP contribution in [0.4, 0.5) is 5.69 Å². The molecule has 0 unspecified atom stereocenters. The summed E-state index contributed by atoms with van der Waals surface area (Å²) < 4.78 is 10.2. The number of carbonyl (C=O) groups is 2. The summed E-state index contributed by atoms with van der Waals surface area (Å²) in [6.45, 7) is 4.51. The highest BCUT2D eigenvalue weighted by Gasteiger charge is 2.09. The number of nitrogens with one attached hydrogen (secondary N) is 2. The molecule has 0 aliphatic carbocycles. The van der Waals surface area contributed by atoms with Crippen LogP contribution in [0.25, 0.3) is 0 Å². The Morgan fingerprint density at radius 2 is 1.93 bits per heavy atom. The third-order valence-corrected chi connectivity index (χ3v) is 4.11. The zero-order valence-electron chi connectivity index (χ0n) is 15.0. The maximum absolute atomic E-state index is 12.0. The summed E-state index contributed by atoms with van der Waals surface area (Å²) in [6, 6.07) is 6.34. The van der Waals surface area contributed by atoms with Crippen LogP contribution in [0.15, 0.2) is 34.2 Å². The van der Waals surface area contributed by atoms with Gasteiger partial charge in [0, 0.05) is 12.3 Å². The van der Waals surface area contributed by atoms with Gasteiger partial charge in [0.2, 0.25) is 5.91 Å². The van der Waals surface area contributed by atoms with Gasteiger partial charge >= 0.3 is 5.97 Å². The third kappa shape index (κ3) is 6.83. The van der Waals surface area contributed by atoms with E-state index in [0.717, 1.165) is 11.8 Å². The van der Waals surface area contributed by atoms with E-state index in [-0.39, 0.29) is 34.7 Å². The van der Waals surface area contributed by atoms with Gasteiger partial charge in [-0.2, -0.15) is 0 Å². The van der Waals surface area contributed by atoms with E-state index in [4.69, 9.17) is 9.47 Å². The minimum Gasteiger partial charge on any atom is -0.460 e. The van der Waals surface area contributed by atoms with Gasteiger partial charge in [-0.15, -0.1) is 10.2 Å². The van der Waals surface area contributed by atoms with Crippen LogP contribution in [0, 0.1) is 6.92 Å². The Labute approximate surface area is 159 Å². The standard InChI is InChI=1S/C17H20N4O5S/c1-3-25-8-9-26-16(24)12-4-6-13(7-5-12)18-14(22)10-27-17-19-15(23)11(2)20-21-17/h4-7H,3,8-10H2,1-2H3,(H,18,22)(H,19,21,23). The topological polar surface area (TPSA) is 123 Å². The lowest BCUT2D eigenvalue weighted by molar-refractivity contribution is -0.113. The average molecular weight is 392 g/mol. The number of benzene rings is 1.